The molecule has 0 heterocycles. The molecule has 0 saturated heterocycles. The maximum Gasteiger partial charge on any atom is -0.0398 e. The maximum absolute atomic E-state index is 3.66. The second kappa shape index (κ2) is 5.72. The van der Waals surface area contributed by atoms with Gasteiger partial charge in [0.05, 0.1) is 0 Å². The minimum atomic E-state index is 1.19. The topological polar surface area (TPSA) is 0 Å². The summed E-state index contributed by atoms with van der Waals surface area (Å²) >= 11 is 0. The Bertz CT molecular complexity index is 202. The molecular weight excluding hydrogens is 132 g/mol. The van der Waals surface area contributed by atoms with Crippen molar-refractivity contribution in [2.45, 2.75) is 20.8 Å². The van der Waals surface area contributed by atoms with Crippen molar-refractivity contribution >= 4 is 0 Å². The van der Waals surface area contributed by atoms with E-state index in [1.165, 1.54) is 11.1 Å². The second-order valence-corrected chi connectivity index (χ2v) is 2.51. The van der Waals surface area contributed by atoms with E-state index < -0.39 is 0 Å². The zero-order chi connectivity index (χ0) is 8.69. The molecule has 0 nitrogen and oxygen atoms in total. The lowest BCUT2D eigenvalue weighted by Gasteiger charge is -1.86. The van der Waals surface area contributed by atoms with Crippen molar-refractivity contribution < 1.29 is 0 Å². The van der Waals surface area contributed by atoms with E-state index in [4.69, 9.17) is 0 Å². The Hall–Kier alpha value is -1.04. The molecule has 0 unspecified atom stereocenters. The molecule has 0 fully saturated rings. The summed E-state index contributed by atoms with van der Waals surface area (Å²) in [6.07, 6.45) is 10.1. The standard InChI is InChI=1S/C11H16/c1-5-10(3)8-7-9-11(4)6-2/h5-9H,1H2,2-4H3. The molecular formula is C11H16. The van der Waals surface area contributed by atoms with E-state index in [2.05, 4.69) is 25.7 Å². The molecule has 0 spiro atoms. The largest absolute Gasteiger partial charge is 0.0988 e. The molecule has 0 amide bonds. The van der Waals surface area contributed by atoms with Crippen molar-refractivity contribution in [3.05, 3.63) is 48.1 Å². The smallest absolute Gasteiger partial charge is 0.0398 e. The number of rotatable bonds is 3. The summed E-state index contributed by atoms with van der Waals surface area (Å²) < 4.78 is 0. The van der Waals surface area contributed by atoms with Crippen molar-refractivity contribution in [1.82, 2.24) is 0 Å². The van der Waals surface area contributed by atoms with Crippen LogP contribution < -0.4 is 0 Å². The molecule has 0 atom stereocenters. The van der Waals surface area contributed by atoms with Gasteiger partial charge in [0.15, 0.2) is 0 Å². The molecule has 0 rings (SSSR count). The zero-order valence-electron chi connectivity index (χ0n) is 7.59. The monoisotopic (exact) mass is 148 g/mol. The van der Waals surface area contributed by atoms with Gasteiger partial charge < -0.3 is 0 Å². The number of hydrogen-bond donors (Lipinski definition) is 0. The van der Waals surface area contributed by atoms with E-state index in [-0.39, 0.29) is 0 Å². The molecule has 0 radical (unpaired) electrons. The minimum absolute atomic E-state index is 1.19. The van der Waals surface area contributed by atoms with Gasteiger partial charge in [-0.15, -0.1) is 0 Å². The Labute approximate surface area is 69.6 Å². The first-order chi connectivity index (χ1) is 5.20. The predicted molar refractivity (Wildman–Crippen MR) is 52.5 cm³/mol. The van der Waals surface area contributed by atoms with Crippen molar-refractivity contribution in [2.75, 3.05) is 0 Å². The summed E-state index contributed by atoms with van der Waals surface area (Å²) in [5, 5.41) is 0. The molecule has 11 heavy (non-hydrogen) atoms. The highest BCUT2D eigenvalue weighted by Crippen LogP contribution is 1.97. The van der Waals surface area contributed by atoms with Gasteiger partial charge in [0.2, 0.25) is 0 Å². The van der Waals surface area contributed by atoms with E-state index in [0.717, 1.165) is 0 Å². The average molecular weight is 148 g/mol. The quantitative estimate of drug-likeness (QED) is 0.536. The number of allylic oxidation sites excluding steroid dienone is 7. The lowest BCUT2D eigenvalue weighted by molar-refractivity contribution is 1.47. The Kier molecular flexibility index (Phi) is 5.18. The maximum atomic E-state index is 3.66. The molecule has 0 saturated carbocycles. The van der Waals surface area contributed by atoms with E-state index in [1.807, 2.05) is 32.1 Å². The minimum Gasteiger partial charge on any atom is -0.0988 e. The highest BCUT2D eigenvalue weighted by atomic mass is 13.8. The van der Waals surface area contributed by atoms with Gasteiger partial charge in [-0.1, -0.05) is 48.1 Å². The first-order valence-electron chi connectivity index (χ1n) is 3.81. The summed E-state index contributed by atoms with van der Waals surface area (Å²) in [7, 11) is 0. The van der Waals surface area contributed by atoms with Crippen LogP contribution in [0.3, 0.4) is 0 Å². The van der Waals surface area contributed by atoms with Crippen LogP contribution in [0.1, 0.15) is 20.8 Å². The molecule has 0 aromatic carbocycles. The molecule has 0 aliphatic rings. The fourth-order valence-electron chi connectivity index (χ4n) is 0.516. The van der Waals surface area contributed by atoms with Crippen molar-refractivity contribution in [1.29, 1.82) is 0 Å². The third-order valence-electron chi connectivity index (χ3n) is 1.50. The van der Waals surface area contributed by atoms with E-state index >= 15 is 0 Å². The van der Waals surface area contributed by atoms with Gasteiger partial charge in [0.25, 0.3) is 0 Å². The molecule has 0 heteroatoms. The molecule has 0 aliphatic carbocycles. The SMILES string of the molecule is C=CC(C)=CC=CC(C)=CC. The Morgan fingerprint density at radius 2 is 1.82 bits per heavy atom. The van der Waals surface area contributed by atoms with Crippen LogP contribution in [0.4, 0.5) is 0 Å². The van der Waals surface area contributed by atoms with Gasteiger partial charge in [0.1, 0.15) is 0 Å². The highest BCUT2D eigenvalue weighted by molar-refractivity contribution is 5.24. The van der Waals surface area contributed by atoms with Crippen LogP contribution in [-0.4, -0.2) is 0 Å². The molecule has 0 N–H and O–H groups in total. The zero-order valence-corrected chi connectivity index (χ0v) is 7.59. The van der Waals surface area contributed by atoms with Gasteiger partial charge in [-0.25, -0.2) is 0 Å². The molecule has 60 valence electrons. The fourth-order valence-corrected chi connectivity index (χ4v) is 0.516. The van der Waals surface area contributed by atoms with Gasteiger partial charge in [-0.05, 0) is 20.8 Å². The van der Waals surface area contributed by atoms with Gasteiger partial charge in [0, 0.05) is 0 Å². The van der Waals surface area contributed by atoms with E-state index in [9.17, 15) is 0 Å². The third-order valence-corrected chi connectivity index (χ3v) is 1.50. The summed E-state index contributed by atoms with van der Waals surface area (Å²) in [5.41, 5.74) is 2.46. The Balaban J connectivity index is 4.06. The second-order valence-electron chi connectivity index (χ2n) is 2.51. The van der Waals surface area contributed by atoms with Gasteiger partial charge >= 0.3 is 0 Å². The lowest BCUT2D eigenvalue weighted by Crippen LogP contribution is -1.65. The number of hydrogen-bond acceptors (Lipinski definition) is 0. The fraction of sp³-hybridized carbons (Fsp3) is 0.273. The first kappa shape index (κ1) is 9.96. The normalized spacial score (nSPS) is 14.1. The van der Waals surface area contributed by atoms with Crippen LogP contribution in [0.5, 0.6) is 0 Å². The van der Waals surface area contributed by atoms with Crippen LogP contribution in [-0.2, 0) is 0 Å². The summed E-state index contributed by atoms with van der Waals surface area (Å²) in [4.78, 5) is 0. The summed E-state index contributed by atoms with van der Waals surface area (Å²) in [6.45, 7) is 9.80. The van der Waals surface area contributed by atoms with Crippen molar-refractivity contribution in [2.24, 2.45) is 0 Å². The molecule has 0 aromatic heterocycles. The van der Waals surface area contributed by atoms with Crippen molar-refractivity contribution in [3.8, 4) is 0 Å². The Morgan fingerprint density at radius 3 is 2.27 bits per heavy atom. The van der Waals surface area contributed by atoms with Crippen LogP contribution >= 0.6 is 0 Å². The Morgan fingerprint density at radius 1 is 1.18 bits per heavy atom. The predicted octanol–water partition coefficient (Wildman–Crippen LogP) is 3.64. The third kappa shape index (κ3) is 5.41. The molecule has 0 bridgehead atoms. The summed E-state index contributed by atoms with van der Waals surface area (Å²) in [5.74, 6) is 0. The highest BCUT2D eigenvalue weighted by Gasteiger charge is 1.76. The van der Waals surface area contributed by atoms with Crippen LogP contribution in [0.25, 0.3) is 0 Å². The molecule has 0 aromatic rings. The molecule has 0 aliphatic heterocycles. The van der Waals surface area contributed by atoms with Crippen LogP contribution in [0, 0.1) is 0 Å². The van der Waals surface area contributed by atoms with Crippen LogP contribution in [0.2, 0.25) is 0 Å². The summed E-state index contributed by atoms with van der Waals surface area (Å²) in [6, 6.07) is 0. The van der Waals surface area contributed by atoms with Crippen molar-refractivity contribution in [3.63, 3.8) is 0 Å². The van der Waals surface area contributed by atoms with Crippen LogP contribution in [0.15, 0.2) is 48.1 Å². The lowest BCUT2D eigenvalue weighted by atomic mass is 10.2. The first-order valence-corrected chi connectivity index (χ1v) is 3.81. The van der Waals surface area contributed by atoms with Gasteiger partial charge in [-0.3, -0.25) is 0 Å². The van der Waals surface area contributed by atoms with E-state index in [0.29, 0.717) is 0 Å². The van der Waals surface area contributed by atoms with Gasteiger partial charge in [-0.2, -0.15) is 0 Å². The van der Waals surface area contributed by atoms with E-state index in [1.54, 1.807) is 0 Å². The average Bonchev–Trinajstić information content (AvgIpc) is 2.04.